The molecule has 1 heterocycles. The van der Waals surface area contributed by atoms with Crippen LogP contribution in [-0.2, 0) is 9.84 Å². The van der Waals surface area contributed by atoms with Gasteiger partial charge < -0.3 is 5.73 Å². The summed E-state index contributed by atoms with van der Waals surface area (Å²) in [6.45, 7) is 3.21. The van der Waals surface area contributed by atoms with Gasteiger partial charge in [-0.2, -0.15) is 0 Å². The monoisotopic (exact) mass is 414 g/mol. The number of nitrogens with two attached hydrogens (primary N) is 1. The second-order valence-corrected chi connectivity index (χ2v) is 8.36. The van der Waals surface area contributed by atoms with Crippen molar-refractivity contribution in [2.75, 3.05) is 11.5 Å². The number of nitrogens with zero attached hydrogens (tertiary/aromatic N) is 5. The summed E-state index contributed by atoms with van der Waals surface area (Å²) in [6, 6.07) is 12.8. The van der Waals surface area contributed by atoms with Crippen LogP contribution in [0.2, 0.25) is 0 Å². The van der Waals surface area contributed by atoms with Crippen molar-refractivity contribution in [3.05, 3.63) is 64.3 Å². The highest BCUT2D eigenvalue weighted by Gasteiger charge is 2.21. The third-order valence-corrected chi connectivity index (χ3v) is 5.98. The van der Waals surface area contributed by atoms with Gasteiger partial charge >= 0.3 is 0 Å². The van der Waals surface area contributed by atoms with Gasteiger partial charge in [0.15, 0.2) is 27.0 Å². The van der Waals surface area contributed by atoms with E-state index >= 15 is 0 Å². The van der Waals surface area contributed by atoms with Crippen molar-refractivity contribution >= 4 is 32.7 Å². The first-order valence-electron chi connectivity index (χ1n) is 8.58. The number of rotatable bonds is 6. The maximum Gasteiger partial charge on any atom is 0.298 e. The molecule has 2 N–H and O–H groups in total. The Morgan fingerprint density at radius 2 is 1.86 bits per heavy atom. The van der Waals surface area contributed by atoms with E-state index in [4.69, 9.17) is 5.73 Å². The molecule has 10 nitrogen and oxygen atoms in total. The molecule has 0 spiro atoms. The van der Waals surface area contributed by atoms with E-state index in [2.05, 4.69) is 15.3 Å². The van der Waals surface area contributed by atoms with Gasteiger partial charge in [-0.05, 0) is 31.2 Å². The molecule has 29 heavy (non-hydrogen) atoms. The standard InChI is InChI=1S/C18H18N6O4S/c1-3-29(27,28)14-9-10-15(16(11-14)24(25)26)20-21-17-12(2)23(22-18(17)19)13-7-5-4-6-8-13/h4-11H,3H2,1-2H3,(H2,19,22). The van der Waals surface area contributed by atoms with Gasteiger partial charge in [-0.3, -0.25) is 10.1 Å². The number of para-hydroxylation sites is 1. The Labute approximate surface area is 166 Å². The number of azo groups is 1. The Bertz CT molecular complexity index is 1200. The molecule has 0 aliphatic rings. The number of nitro groups is 1. The molecule has 0 aliphatic carbocycles. The molecular weight excluding hydrogens is 396 g/mol. The Hall–Kier alpha value is -3.60. The molecule has 0 aliphatic heterocycles. The van der Waals surface area contributed by atoms with Gasteiger partial charge in [0.25, 0.3) is 5.69 Å². The SMILES string of the molecule is CCS(=O)(=O)c1ccc(N=Nc2c(N)nn(-c3ccccc3)c2C)c([N+](=O)[O-])c1. The quantitative estimate of drug-likeness (QED) is 0.368. The summed E-state index contributed by atoms with van der Waals surface area (Å²) >= 11 is 0. The lowest BCUT2D eigenvalue weighted by molar-refractivity contribution is -0.384. The lowest BCUT2D eigenvalue weighted by Crippen LogP contribution is -2.04. The van der Waals surface area contributed by atoms with Crippen LogP contribution in [-0.4, -0.2) is 28.9 Å². The average molecular weight is 414 g/mol. The van der Waals surface area contributed by atoms with Gasteiger partial charge in [0.05, 0.1) is 27.0 Å². The molecule has 0 saturated heterocycles. The van der Waals surface area contributed by atoms with Gasteiger partial charge in [-0.25, -0.2) is 13.1 Å². The highest BCUT2D eigenvalue weighted by atomic mass is 32.2. The minimum absolute atomic E-state index is 0.0867. The minimum Gasteiger partial charge on any atom is -0.380 e. The molecule has 0 atom stereocenters. The first kappa shape index (κ1) is 20.1. The van der Waals surface area contributed by atoms with E-state index in [0.29, 0.717) is 5.69 Å². The Kier molecular flexibility index (Phi) is 5.41. The van der Waals surface area contributed by atoms with Crippen LogP contribution in [0.5, 0.6) is 0 Å². The van der Waals surface area contributed by atoms with Crippen LogP contribution in [0.4, 0.5) is 22.9 Å². The van der Waals surface area contributed by atoms with Crippen molar-refractivity contribution in [1.82, 2.24) is 9.78 Å². The molecule has 1 aromatic heterocycles. The molecule has 3 rings (SSSR count). The van der Waals surface area contributed by atoms with Crippen molar-refractivity contribution in [1.29, 1.82) is 0 Å². The van der Waals surface area contributed by atoms with Crippen LogP contribution in [0.3, 0.4) is 0 Å². The predicted molar refractivity (Wildman–Crippen MR) is 108 cm³/mol. The summed E-state index contributed by atoms with van der Waals surface area (Å²) < 4.78 is 25.6. The fourth-order valence-corrected chi connectivity index (χ4v) is 3.56. The number of nitrogen functional groups attached to an aromatic ring is 1. The fourth-order valence-electron chi connectivity index (χ4n) is 2.66. The number of nitro benzene ring substituents is 1. The van der Waals surface area contributed by atoms with Crippen LogP contribution < -0.4 is 5.73 Å². The van der Waals surface area contributed by atoms with Crippen LogP contribution in [0.1, 0.15) is 12.6 Å². The van der Waals surface area contributed by atoms with Gasteiger partial charge in [-0.15, -0.1) is 15.3 Å². The van der Waals surface area contributed by atoms with Gasteiger partial charge in [0, 0.05) is 6.07 Å². The molecule has 3 aromatic rings. The maximum absolute atomic E-state index is 12.0. The first-order valence-corrected chi connectivity index (χ1v) is 10.2. The lowest BCUT2D eigenvalue weighted by Gasteiger charge is -2.03. The largest absolute Gasteiger partial charge is 0.380 e. The predicted octanol–water partition coefficient (Wildman–Crippen LogP) is 3.88. The summed E-state index contributed by atoms with van der Waals surface area (Å²) in [5.74, 6) is -0.0534. The average Bonchev–Trinajstić information content (AvgIpc) is 3.00. The summed E-state index contributed by atoms with van der Waals surface area (Å²) in [7, 11) is -3.59. The summed E-state index contributed by atoms with van der Waals surface area (Å²) in [6.07, 6.45) is 0. The van der Waals surface area contributed by atoms with E-state index in [0.717, 1.165) is 11.8 Å². The lowest BCUT2D eigenvalue weighted by atomic mass is 10.3. The van der Waals surface area contributed by atoms with E-state index in [1.165, 1.54) is 19.1 Å². The molecule has 0 saturated carbocycles. The van der Waals surface area contributed by atoms with Gasteiger partial charge in [0.1, 0.15) is 0 Å². The number of sulfone groups is 1. The molecule has 150 valence electrons. The normalized spacial score (nSPS) is 11.8. The maximum atomic E-state index is 12.0. The zero-order chi connectivity index (χ0) is 21.2. The molecule has 0 bridgehead atoms. The van der Waals surface area contributed by atoms with Crippen LogP contribution in [0.25, 0.3) is 5.69 Å². The van der Waals surface area contributed by atoms with Crippen molar-refractivity contribution in [2.24, 2.45) is 10.2 Å². The topological polar surface area (TPSA) is 146 Å². The summed E-state index contributed by atoms with van der Waals surface area (Å²) in [5.41, 5.74) is 7.04. The van der Waals surface area contributed by atoms with Crippen molar-refractivity contribution in [2.45, 2.75) is 18.7 Å². The Morgan fingerprint density at radius 3 is 2.48 bits per heavy atom. The molecule has 0 amide bonds. The van der Waals surface area contributed by atoms with Crippen molar-refractivity contribution in [3.8, 4) is 5.69 Å². The van der Waals surface area contributed by atoms with E-state index in [1.807, 2.05) is 30.3 Å². The van der Waals surface area contributed by atoms with E-state index in [1.54, 1.807) is 11.6 Å². The third-order valence-electron chi connectivity index (χ3n) is 4.25. The van der Waals surface area contributed by atoms with E-state index < -0.39 is 20.4 Å². The second kappa shape index (κ2) is 7.80. The third kappa shape index (κ3) is 3.99. The summed E-state index contributed by atoms with van der Waals surface area (Å²) in [5, 5.41) is 23.6. The fraction of sp³-hybridized carbons (Fsp3) is 0.167. The number of benzene rings is 2. The number of hydrogen-bond acceptors (Lipinski definition) is 8. The Balaban J connectivity index is 2.03. The minimum atomic E-state index is -3.59. The van der Waals surface area contributed by atoms with Gasteiger partial charge in [-0.1, -0.05) is 25.1 Å². The molecule has 0 unspecified atom stereocenters. The van der Waals surface area contributed by atoms with Gasteiger partial charge in [0.2, 0.25) is 0 Å². The van der Waals surface area contributed by atoms with Crippen LogP contribution in [0, 0.1) is 17.0 Å². The number of aromatic nitrogens is 2. The second-order valence-electron chi connectivity index (χ2n) is 6.08. The molecule has 11 heteroatoms. The summed E-state index contributed by atoms with van der Waals surface area (Å²) in [4.78, 5) is 10.5. The highest BCUT2D eigenvalue weighted by Crippen LogP contribution is 2.34. The van der Waals surface area contributed by atoms with E-state index in [-0.39, 0.29) is 27.8 Å². The smallest absolute Gasteiger partial charge is 0.298 e. The first-order chi connectivity index (χ1) is 13.7. The zero-order valence-corrected chi connectivity index (χ0v) is 16.5. The van der Waals surface area contributed by atoms with Crippen molar-refractivity contribution < 1.29 is 13.3 Å². The zero-order valence-electron chi connectivity index (χ0n) is 15.7. The molecule has 0 radical (unpaired) electrons. The van der Waals surface area contributed by atoms with E-state index in [9.17, 15) is 18.5 Å². The molecule has 2 aromatic carbocycles. The number of anilines is 1. The number of hydrogen-bond donors (Lipinski definition) is 1. The van der Waals surface area contributed by atoms with Crippen LogP contribution in [0.15, 0.2) is 63.7 Å². The Morgan fingerprint density at radius 1 is 1.17 bits per heavy atom. The molecule has 0 fully saturated rings. The van der Waals surface area contributed by atoms with Crippen LogP contribution >= 0.6 is 0 Å². The molecular formula is C18H18N6O4S. The highest BCUT2D eigenvalue weighted by molar-refractivity contribution is 7.91. The van der Waals surface area contributed by atoms with Crippen molar-refractivity contribution in [3.63, 3.8) is 0 Å².